The quantitative estimate of drug-likeness (QED) is 0.758. The van der Waals surface area contributed by atoms with Crippen LogP contribution in [0.1, 0.15) is 30.1 Å². The number of pyridine rings is 1. The molecule has 8 heteroatoms. The number of carboxylic acid groups (broad SMARTS) is 1. The van der Waals surface area contributed by atoms with Gasteiger partial charge in [0.05, 0.1) is 4.90 Å². The summed E-state index contributed by atoms with van der Waals surface area (Å²) in [6.45, 7) is 7.16. The third-order valence-corrected chi connectivity index (χ3v) is 7.15. The molecule has 1 aliphatic heterocycles. The van der Waals surface area contributed by atoms with Crippen LogP contribution < -0.4 is 5.43 Å². The SMILES string of the molecule is C=CC(N1CCC(C)CC1)S(=O)(=O)c1ccc2[nH]cc(C(=O)O)c(=O)c2c1. The van der Waals surface area contributed by atoms with Crippen LogP contribution in [0, 0.1) is 5.92 Å². The van der Waals surface area contributed by atoms with Crippen LogP contribution >= 0.6 is 0 Å². The summed E-state index contributed by atoms with van der Waals surface area (Å²) in [6.07, 6.45) is 4.36. The highest BCUT2D eigenvalue weighted by atomic mass is 32.2. The number of fused-ring (bicyclic) bond motifs is 1. The van der Waals surface area contributed by atoms with Gasteiger partial charge in [-0.1, -0.05) is 13.0 Å². The molecule has 1 atom stereocenters. The van der Waals surface area contributed by atoms with Crippen LogP contribution in [0.2, 0.25) is 0 Å². The summed E-state index contributed by atoms with van der Waals surface area (Å²) in [4.78, 5) is 28.2. The summed E-state index contributed by atoms with van der Waals surface area (Å²) in [6, 6.07) is 4.16. The topological polar surface area (TPSA) is 108 Å². The number of carboxylic acids is 1. The Morgan fingerprint density at radius 1 is 1.37 bits per heavy atom. The van der Waals surface area contributed by atoms with E-state index in [1.807, 2.05) is 4.90 Å². The van der Waals surface area contributed by atoms with Gasteiger partial charge in [-0.2, -0.15) is 0 Å². The van der Waals surface area contributed by atoms with Crippen LogP contribution in [-0.4, -0.2) is 47.8 Å². The largest absolute Gasteiger partial charge is 0.477 e. The molecule has 0 amide bonds. The predicted octanol–water partition coefficient (Wildman–Crippen LogP) is 2.24. The first-order valence-corrected chi connectivity index (χ1v) is 10.3. The van der Waals surface area contributed by atoms with Crippen LogP contribution in [0.3, 0.4) is 0 Å². The molecule has 7 nitrogen and oxygen atoms in total. The number of likely N-dealkylation sites (tertiary alicyclic amines) is 1. The van der Waals surface area contributed by atoms with E-state index < -0.39 is 32.2 Å². The Bertz CT molecular complexity index is 1050. The molecule has 1 saturated heterocycles. The Kier molecular flexibility index (Phi) is 5.21. The highest BCUT2D eigenvalue weighted by Crippen LogP contribution is 2.26. The predicted molar refractivity (Wildman–Crippen MR) is 103 cm³/mol. The van der Waals surface area contributed by atoms with E-state index in [1.54, 1.807) is 0 Å². The van der Waals surface area contributed by atoms with Crippen molar-refractivity contribution in [1.29, 1.82) is 0 Å². The first-order chi connectivity index (χ1) is 12.8. The van der Waals surface area contributed by atoms with Crippen molar-refractivity contribution in [3.8, 4) is 0 Å². The van der Waals surface area contributed by atoms with Gasteiger partial charge < -0.3 is 10.1 Å². The molecule has 3 rings (SSSR count). The molecule has 0 saturated carbocycles. The van der Waals surface area contributed by atoms with Crippen LogP contribution in [0.4, 0.5) is 0 Å². The molecule has 1 aromatic heterocycles. The normalized spacial score (nSPS) is 17.7. The molecule has 2 N–H and O–H groups in total. The van der Waals surface area contributed by atoms with Crippen LogP contribution in [0.25, 0.3) is 10.9 Å². The summed E-state index contributed by atoms with van der Waals surface area (Å²) in [7, 11) is -3.80. The smallest absolute Gasteiger partial charge is 0.341 e. The summed E-state index contributed by atoms with van der Waals surface area (Å²) in [5, 5.41) is 8.26. The molecule has 0 aliphatic carbocycles. The maximum atomic E-state index is 13.2. The lowest BCUT2D eigenvalue weighted by Gasteiger charge is -2.34. The second-order valence-corrected chi connectivity index (χ2v) is 8.98. The number of H-pyrrole nitrogens is 1. The van der Waals surface area contributed by atoms with Crippen molar-refractivity contribution in [2.24, 2.45) is 5.92 Å². The number of rotatable bonds is 5. The number of piperidine rings is 1. The molecule has 1 aliphatic rings. The average Bonchev–Trinajstić information content (AvgIpc) is 2.63. The van der Waals surface area contributed by atoms with Gasteiger partial charge in [-0.05, 0) is 50.0 Å². The second-order valence-electron chi connectivity index (χ2n) is 6.93. The number of hydrogen-bond acceptors (Lipinski definition) is 5. The van der Waals surface area contributed by atoms with Gasteiger partial charge in [0.25, 0.3) is 0 Å². The zero-order valence-electron chi connectivity index (χ0n) is 15.0. The van der Waals surface area contributed by atoms with Crippen molar-refractivity contribution in [2.45, 2.75) is 30.0 Å². The number of benzene rings is 1. The molecule has 27 heavy (non-hydrogen) atoms. The Labute approximate surface area is 157 Å². The third-order valence-electron chi connectivity index (χ3n) is 5.11. The molecule has 0 spiro atoms. The van der Waals surface area contributed by atoms with Gasteiger partial charge in [-0.3, -0.25) is 9.69 Å². The number of aromatic carboxylic acids is 1. The minimum atomic E-state index is -3.80. The van der Waals surface area contributed by atoms with Gasteiger partial charge in [0.15, 0.2) is 9.84 Å². The fourth-order valence-corrected chi connectivity index (χ4v) is 5.10. The Morgan fingerprint density at radius 2 is 2.04 bits per heavy atom. The minimum Gasteiger partial charge on any atom is -0.477 e. The number of aromatic amines is 1. The van der Waals surface area contributed by atoms with Gasteiger partial charge >= 0.3 is 5.97 Å². The van der Waals surface area contributed by atoms with Crippen LogP contribution in [0.5, 0.6) is 0 Å². The lowest BCUT2D eigenvalue weighted by Crippen LogP contribution is -2.44. The van der Waals surface area contributed by atoms with Crippen molar-refractivity contribution < 1.29 is 18.3 Å². The van der Waals surface area contributed by atoms with E-state index in [9.17, 15) is 18.0 Å². The maximum Gasteiger partial charge on any atom is 0.341 e. The van der Waals surface area contributed by atoms with Crippen LogP contribution in [0.15, 0.2) is 46.7 Å². The molecule has 1 unspecified atom stereocenters. The van der Waals surface area contributed by atoms with Crippen LogP contribution in [-0.2, 0) is 9.84 Å². The Morgan fingerprint density at radius 3 is 2.63 bits per heavy atom. The molecule has 1 fully saturated rings. The van der Waals surface area contributed by atoms with E-state index in [-0.39, 0.29) is 10.3 Å². The zero-order chi connectivity index (χ0) is 19.8. The van der Waals surface area contributed by atoms with E-state index in [2.05, 4.69) is 18.5 Å². The number of carbonyl (C=O) groups is 1. The summed E-state index contributed by atoms with van der Waals surface area (Å²) in [5.41, 5.74) is -0.761. The third kappa shape index (κ3) is 3.54. The van der Waals surface area contributed by atoms with Crippen molar-refractivity contribution in [3.05, 3.63) is 52.8 Å². The first kappa shape index (κ1) is 19.3. The van der Waals surface area contributed by atoms with E-state index in [0.29, 0.717) is 24.5 Å². The lowest BCUT2D eigenvalue weighted by atomic mass is 9.99. The standard InChI is InChI=1S/C19H22N2O5S/c1-3-17(21-8-6-12(2)7-9-21)27(25,26)13-4-5-16-14(10-13)18(22)15(11-20-16)19(23)24/h3-5,10-12,17H,1,6-9H2,2H3,(H,20,22)(H,23,24). The fourth-order valence-electron chi connectivity index (χ4n) is 3.43. The van der Waals surface area contributed by atoms with Gasteiger partial charge in [0.2, 0.25) is 5.43 Å². The molecular formula is C19H22N2O5S. The van der Waals surface area contributed by atoms with Crippen molar-refractivity contribution in [2.75, 3.05) is 13.1 Å². The Hall–Kier alpha value is -2.45. The highest BCUT2D eigenvalue weighted by Gasteiger charge is 2.32. The van der Waals surface area contributed by atoms with Crippen molar-refractivity contribution >= 4 is 26.7 Å². The monoisotopic (exact) mass is 390 g/mol. The number of nitrogens with zero attached hydrogens (tertiary/aromatic N) is 1. The number of sulfone groups is 1. The van der Waals surface area contributed by atoms with E-state index >= 15 is 0 Å². The van der Waals surface area contributed by atoms with E-state index in [4.69, 9.17) is 5.11 Å². The summed E-state index contributed by atoms with van der Waals surface area (Å²) < 4.78 is 26.4. The van der Waals surface area contributed by atoms with E-state index in [0.717, 1.165) is 19.0 Å². The Balaban J connectivity index is 2.06. The van der Waals surface area contributed by atoms with Crippen molar-refractivity contribution in [3.63, 3.8) is 0 Å². The number of hydrogen-bond donors (Lipinski definition) is 2. The zero-order valence-corrected chi connectivity index (χ0v) is 15.8. The summed E-state index contributed by atoms with van der Waals surface area (Å²) in [5.74, 6) is -0.805. The molecule has 2 heterocycles. The minimum absolute atomic E-state index is 0.0217. The van der Waals surface area contributed by atoms with Gasteiger partial charge in [0, 0.05) is 17.1 Å². The molecule has 0 radical (unpaired) electrons. The maximum absolute atomic E-state index is 13.2. The lowest BCUT2D eigenvalue weighted by molar-refractivity contribution is 0.0695. The average molecular weight is 390 g/mol. The van der Waals surface area contributed by atoms with Gasteiger partial charge in [-0.25, -0.2) is 13.2 Å². The number of aromatic nitrogens is 1. The number of nitrogens with one attached hydrogen (secondary N) is 1. The van der Waals surface area contributed by atoms with Gasteiger partial charge in [0.1, 0.15) is 10.9 Å². The highest BCUT2D eigenvalue weighted by molar-refractivity contribution is 7.92. The van der Waals surface area contributed by atoms with Gasteiger partial charge in [-0.15, -0.1) is 6.58 Å². The molecule has 1 aromatic carbocycles. The summed E-state index contributed by atoms with van der Waals surface area (Å²) >= 11 is 0. The second kappa shape index (κ2) is 7.28. The van der Waals surface area contributed by atoms with Crippen molar-refractivity contribution in [1.82, 2.24) is 9.88 Å². The van der Waals surface area contributed by atoms with E-state index in [1.165, 1.54) is 24.3 Å². The molecule has 144 valence electrons. The molecule has 0 bridgehead atoms. The molecular weight excluding hydrogens is 368 g/mol. The first-order valence-electron chi connectivity index (χ1n) is 8.75. The molecule has 2 aromatic rings. The fraction of sp³-hybridized carbons (Fsp3) is 0.368.